The van der Waals surface area contributed by atoms with Crippen molar-refractivity contribution < 1.29 is 13.9 Å². The maximum absolute atomic E-state index is 14.1. The average Bonchev–Trinajstić information content (AvgIpc) is 3.33. The number of para-hydroxylation sites is 3. The minimum Gasteiger partial charge on any atom is -0.495 e. The number of ether oxygens (including phenoxy) is 2. The highest BCUT2D eigenvalue weighted by molar-refractivity contribution is 7.10. The van der Waals surface area contributed by atoms with Crippen molar-refractivity contribution in [1.29, 1.82) is 0 Å². The van der Waals surface area contributed by atoms with Gasteiger partial charge in [0.15, 0.2) is 11.6 Å². The lowest BCUT2D eigenvalue weighted by Gasteiger charge is -2.37. The first-order chi connectivity index (χ1) is 14.7. The maximum Gasteiger partial charge on any atom is 0.165 e. The molecule has 0 N–H and O–H groups in total. The number of hydrogen-bond donors (Lipinski definition) is 0. The lowest BCUT2D eigenvalue weighted by Crippen LogP contribution is -2.47. The fourth-order valence-electron chi connectivity index (χ4n) is 3.83. The smallest absolute Gasteiger partial charge is 0.165 e. The number of methoxy groups -OCH3 is 1. The van der Waals surface area contributed by atoms with Crippen molar-refractivity contribution in [2.24, 2.45) is 0 Å². The van der Waals surface area contributed by atoms with E-state index in [4.69, 9.17) is 9.47 Å². The minimum absolute atomic E-state index is 0.144. The summed E-state index contributed by atoms with van der Waals surface area (Å²) in [4.78, 5) is 5.96. The number of thiophene rings is 1. The number of rotatable bonds is 8. The molecule has 1 aliphatic rings. The summed E-state index contributed by atoms with van der Waals surface area (Å²) < 4.78 is 25.7. The van der Waals surface area contributed by atoms with Crippen LogP contribution in [0.3, 0.4) is 0 Å². The summed E-state index contributed by atoms with van der Waals surface area (Å²) in [5.74, 6) is 0.920. The third kappa shape index (κ3) is 4.94. The Morgan fingerprint density at radius 3 is 2.37 bits per heavy atom. The fraction of sp³-hybridized carbons (Fsp3) is 0.333. The van der Waals surface area contributed by atoms with Gasteiger partial charge in [0, 0.05) is 44.0 Å². The fourth-order valence-corrected chi connectivity index (χ4v) is 4.62. The van der Waals surface area contributed by atoms with Gasteiger partial charge in [-0.25, -0.2) is 4.39 Å². The van der Waals surface area contributed by atoms with E-state index in [-0.39, 0.29) is 11.9 Å². The standard InChI is InChI=1S/C24H27FN2O2S/c1-28-22-10-5-3-8-20(22)27-16-14-26(15-17-27)13-12-23(24-11-6-18-30-24)29-21-9-4-2-7-19(21)25/h2-11,18,23H,12-17H2,1H3. The Bertz CT molecular complexity index is 926. The molecule has 0 radical (unpaired) electrons. The van der Waals surface area contributed by atoms with Crippen LogP contribution >= 0.6 is 11.3 Å². The number of halogens is 1. The summed E-state index contributed by atoms with van der Waals surface area (Å²) in [6, 6.07) is 18.9. The Kier molecular flexibility index (Phi) is 6.87. The molecule has 2 aromatic carbocycles. The lowest BCUT2D eigenvalue weighted by molar-refractivity contribution is 0.157. The van der Waals surface area contributed by atoms with Gasteiger partial charge in [-0.3, -0.25) is 4.90 Å². The van der Waals surface area contributed by atoms with Gasteiger partial charge in [0.2, 0.25) is 0 Å². The van der Waals surface area contributed by atoms with Crippen LogP contribution in [0.1, 0.15) is 17.4 Å². The average molecular weight is 427 g/mol. The normalized spacial score (nSPS) is 15.7. The quantitative estimate of drug-likeness (QED) is 0.493. The summed E-state index contributed by atoms with van der Waals surface area (Å²) in [6.45, 7) is 4.79. The summed E-state index contributed by atoms with van der Waals surface area (Å²) in [6.07, 6.45) is 0.679. The Morgan fingerprint density at radius 1 is 0.933 bits per heavy atom. The molecule has 1 aliphatic heterocycles. The summed E-state index contributed by atoms with van der Waals surface area (Å²) >= 11 is 1.66. The zero-order valence-electron chi connectivity index (χ0n) is 17.2. The molecule has 3 aromatic rings. The van der Waals surface area contributed by atoms with E-state index in [2.05, 4.69) is 28.0 Å². The first-order valence-corrected chi connectivity index (χ1v) is 11.2. The third-order valence-corrected chi connectivity index (χ3v) is 6.44. The van der Waals surface area contributed by atoms with Gasteiger partial charge in [-0.2, -0.15) is 0 Å². The molecule has 4 rings (SSSR count). The Morgan fingerprint density at radius 2 is 1.67 bits per heavy atom. The van der Waals surface area contributed by atoms with Crippen molar-refractivity contribution in [3.63, 3.8) is 0 Å². The molecule has 4 nitrogen and oxygen atoms in total. The van der Waals surface area contributed by atoms with Crippen LogP contribution in [-0.2, 0) is 0 Å². The molecule has 30 heavy (non-hydrogen) atoms. The van der Waals surface area contributed by atoms with Gasteiger partial charge in [-0.1, -0.05) is 30.3 Å². The highest BCUT2D eigenvalue weighted by atomic mass is 32.1. The topological polar surface area (TPSA) is 24.9 Å². The second-order valence-electron chi connectivity index (χ2n) is 7.34. The number of benzene rings is 2. The number of anilines is 1. The van der Waals surface area contributed by atoms with Crippen LogP contribution < -0.4 is 14.4 Å². The Labute approximate surface area is 181 Å². The monoisotopic (exact) mass is 426 g/mol. The van der Waals surface area contributed by atoms with E-state index in [9.17, 15) is 4.39 Å². The molecular weight excluding hydrogens is 399 g/mol. The van der Waals surface area contributed by atoms with E-state index < -0.39 is 0 Å². The van der Waals surface area contributed by atoms with Crippen molar-refractivity contribution in [3.05, 3.63) is 76.7 Å². The van der Waals surface area contributed by atoms with Crippen molar-refractivity contribution in [2.75, 3.05) is 44.7 Å². The summed E-state index contributed by atoms with van der Waals surface area (Å²) in [7, 11) is 1.72. The molecule has 0 amide bonds. The van der Waals surface area contributed by atoms with Gasteiger partial charge in [0.25, 0.3) is 0 Å². The number of hydrogen-bond acceptors (Lipinski definition) is 5. The Hall–Kier alpha value is -2.57. The van der Waals surface area contributed by atoms with Gasteiger partial charge in [0.05, 0.1) is 12.8 Å². The van der Waals surface area contributed by atoms with Gasteiger partial charge in [-0.15, -0.1) is 11.3 Å². The second kappa shape index (κ2) is 9.96. The SMILES string of the molecule is COc1ccccc1N1CCN(CCC(Oc2ccccc2F)c2cccs2)CC1. The van der Waals surface area contributed by atoms with Crippen LogP contribution in [-0.4, -0.2) is 44.7 Å². The second-order valence-corrected chi connectivity index (χ2v) is 8.32. The minimum atomic E-state index is -0.315. The highest BCUT2D eigenvalue weighted by Crippen LogP contribution is 2.31. The maximum atomic E-state index is 14.1. The van der Waals surface area contributed by atoms with Crippen molar-refractivity contribution in [3.8, 4) is 11.5 Å². The van der Waals surface area contributed by atoms with E-state index in [0.29, 0.717) is 5.75 Å². The Balaban J connectivity index is 1.35. The highest BCUT2D eigenvalue weighted by Gasteiger charge is 2.22. The summed E-state index contributed by atoms with van der Waals surface area (Å²) in [5.41, 5.74) is 1.15. The molecule has 6 heteroatoms. The van der Waals surface area contributed by atoms with Crippen molar-refractivity contribution in [1.82, 2.24) is 4.90 Å². The van der Waals surface area contributed by atoms with E-state index in [1.54, 1.807) is 36.6 Å². The van der Waals surface area contributed by atoms with E-state index >= 15 is 0 Å². The first-order valence-electron chi connectivity index (χ1n) is 10.3. The molecule has 0 bridgehead atoms. The van der Waals surface area contributed by atoms with Gasteiger partial charge < -0.3 is 14.4 Å². The predicted octanol–water partition coefficient (Wildman–Crippen LogP) is 5.23. The van der Waals surface area contributed by atoms with E-state index in [1.807, 2.05) is 23.6 Å². The van der Waals surface area contributed by atoms with Crippen LogP contribution in [0.5, 0.6) is 11.5 Å². The molecule has 2 heterocycles. The molecule has 1 aromatic heterocycles. The zero-order chi connectivity index (χ0) is 20.8. The van der Waals surface area contributed by atoms with Gasteiger partial charge in [-0.05, 0) is 35.7 Å². The summed E-state index contributed by atoms with van der Waals surface area (Å²) in [5, 5.41) is 2.04. The van der Waals surface area contributed by atoms with Crippen LogP contribution in [0.2, 0.25) is 0 Å². The largest absolute Gasteiger partial charge is 0.495 e. The molecule has 0 aliphatic carbocycles. The molecule has 158 valence electrons. The number of nitrogens with zero attached hydrogens (tertiary/aromatic N) is 2. The molecule has 0 saturated carbocycles. The predicted molar refractivity (Wildman–Crippen MR) is 120 cm³/mol. The van der Waals surface area contributed by atoms with Crippen LogP contribution in [0, 0.1) is 5.82 Å². The molecule has 0 spiro atoms. The lowest BCUT2D eigenvalue weighted by atomic mass is 10.1. The zero-order valence-corrected chi connectivity index (χ0v) is 18.0. The van der Waals surface area contributed by atoms with Crippen LogP contribution in [0.25, 0.3) is 0 Å². The number of piperazine rings is 1. The van der Waals surface area contributed by atoms with Gasteiger partial charge in [0.1, 0.15) is 11.9 Å². The van der Waals surface area contributed by atoms with Crippen molar-refractivity contribution >= 4 is 17.0 Å². The molecular formula is C24H27FN2O2S. The van der Waals surface area contributed by atoms with Gasteiger partial charge >= 0.3 is 0 Å². The third-order valence-electron chi connectivity index (χ3n) is 5.47. The van der Waals surface area contributed by atoms with Crippen LogP contribution in [0.15, 0.2) is 66.0 Å². The molecule has 1 fully saturated rings. The first kappa shape index (κ1) is 20.7. The van der Waals surface area contributed by atoms with Crippen molar-refractivity contribution in [2.45, 2.75) is 12.5 Å². The molecule has 1 unspecified atom stereocenters. The van der Waals surface area contributed by atoms with E-state index in [0.717, 1.165) is 55.5 Å². The molecule has 1 atom stereocenters. The van der Waals surface area contributed by atoms with E-state index in [1.165, 1.54) is 6.07 Å². The molecule has 1 saturated heterocycles. The van der Waals surface area contributed by atoms with Crippen LogP contribution in [0.4, 0.5) is 10.1 Å².